The molecule has 21 heavy (non-hydrogen) atoms. The van der Waals surface area contributed by atoms with E-state index in [1.165, 1.54) is 6.07 Å². The fourth-order valence-electron chi connectivity index (χ4n) is 2.55. The van der Waals surface area contributed by atoms with Crippen molar-refractivity contribution in [2.24, 2.45) is 10.7 Å². The molecule has 1 heterocycles. The summed E-state index contributed by atoms with van der Waals surface area (Å²) >= 11 is 0. The van der Waals surface area contributed by atoms with Crippen molar-refractivity contribution in [2.75, 3.05) is 6.54 Å². The number of benzene rings is 1. The minimum Gasteiger partial charge on any atom is -0.370 e. The van der Waals surface area contributed by atoms with Crippen LogP contribution in [-0.2, 0) is 6.18 Å². The highest BCUT2D eigenvalue weighted by molar-refractivity contribution is 5.80. The maximum atomic E-state index is 13.2. The van der Waals surface area contributed by atoms with Gasteiger partial charge in [0.25, 0.3) is 0 Å². The number of nitrogens with two attached hydrogens (primary N) is 1. The van der Waals surface area contributed by atoms with Crippen LogP contribution < -0.4 is 5.73 Å². The quantitative estimate of drug-likeness (QED) is 0.870. The Morgan fingerprint density at radius 1 is 1.43 bits per heavy atom. The van der Waals surface area contributed by atoms with Gasteiger partial charge in [0.05, 0.1) is 18.2 Å². The highest BCUT2D eigenvalue weighted by Crippen LogP contribution is 2.39. The molecule has 2 N–H and O–H groups in total. The summed E-state index contributed by atoms with van der Waals surface area (Å²) in [5, 5.41) is 0. The van der Waals surface area contributed by atoms with Gasteiger partial charge in [-0.15, -0.1) is 0 Å². The van der Waals surface area contributed by atoms with E-state index in [4.69, 9.17) is 5.73 Å². The van der Waals surface area contributed by atoms with Gasteiger partial charge in [-0.05, 0) is 31.0 Å². The van der Waals surface area contributed by atoms with Crippen molar-refractivity contribution in [1.82, 2.24) is 4.90 Å². The van der Waals surface area contributed by atoms with Gasteiger partial charge in [-0.1, -0.05) is 13.0 Å². The maximum Gasteiger partial charge on any atom is 0.416 e. The molecule has 1 aliphatic heterocycles. The van der Waals surface area contributed by atoms with Crippen molar-refractivity contribution in [3.8, 4) is 0 Å². The predicted molar refractivity (Wildman–Crippen MR) is 72.2 cm³/mol. The molecule has 0 spiro atoms. The van der Waals surface area contributed by atoms with Crippen LogP contribution in [0.4, 0.5) is 17.6 Å². The zero-order valence-electron chi connectivity index (χ0n) is 11.8. The van der Waals surface area contributed by atoms with Crippen molar-refractivity contribution in [3.05, 3.63) is 35.1 Å². The van der Waals surface area contributed by atoms with Crippen molar-refractivity contribution >= 4 is 5.96 Å². The fraction of sp³-hybridized carbons (Fsp3) is 0.500. The third-order valence-electron chi connectivity index (χ3n) is 3.77. The summed E-state index contributed by atoms with van der Waals surface area (Å²) in [6.45, 7) is 3.94. The molecule has 2 rings (SSSR count). The van der Waals surface area contributed by atoms with Crippen LogP contribution in [0.5, 0.6) is 0 Å². The molecule has 0 aromatic heterocycles. The van der Waals surface area contributed by atoms with Crippen LogP contribution in [-0.4, -0.2) is 23.4 Å². The van der Waals surface area contributed by atoms with Gasteiger partial charge in [0.15, 0.2) is 5.96 Å². The summed E-state index contributed by atoms with van der Waals surface area (Å²) in [6, 6.07) is 2.07. The SMILES string of the molecule is CCC(C)N1C(N)=NCC1c1ccc(F)cc1C(F)(F)F. The zero-order chi connectivity index (χ0) is 15.8. The number of guanidine groups is 1. The second kappa shape index (κ2) is 5.54. The van der Waals surface area contributed by atoms with Crippen LogP contribution in [0.3, 0.4) is 0 Å². The Bertz CT molecular complexity index is 554. The van der Waals surface area contributed by atoms with E-state index in [-0.39, 0.29) is 24.1 Å². The summed E-state index contributed by atoms with van der Waals surface area (Å²) in [5.41, 5.74) is 4.83. The lowest BCUT2D eigenvalue weighted by Gasteiger charge is -2.33. The molecule has 0 saturated heterocycles. The molecule has 1 aromatic rings. The topological polar surface area (TPSA) is 41.6 Å². The lowest BCUT2D eigenvalue weighted by atomic mass is 9.97. The van der Waals surface area contributed by atoms with E-state index in [2.05, 4.69) is 4.99 Å². The number of hydrogen-bond donors (Lipinski definition) is 1. The van der Waals surface area contributed by atoms with Gasteiger partial charge in [-0.25, -0.2) is 4.39 Å². The molecular formula is C14H17F4N3. The number of hydrogen-bond acceptors (Lipinski definition) is 3. The number of aliphatic imine (C=N–C) groups is 1. The molecule has 3 nitrogen and oxygen atoms in total. The van der Waals surface area contributed by atoms with E-state index >= 15 is 0 Å². The lowest BCUT2D eigenvalue weighted by Crippen LogP contribution is -2.42. The minimum atomic E-state index is -4.62. The van der Waals surface area contributed by atoms with E-state index in [0.29, 0.717) is 6.07 Å². The van der Waals surface area contributed by atoms with Gasteiger partial charge >= 0.3 is 6.18 Å². The average molecular weight is 303 g/mol. The smallest absolute Gasteiger partial charge is 0.370 e. The van der Waals surface area contributed by atoms with Crippen LogP contribution in [0.25, 0.3) is 0 Å². The van der Waals surface area contributed by atoms with Gasteiger partial charge in [0, 0.05) is 6.04 Å². The highest BCUT2D eigenvalue weighted by atomic mass is 19.4. The molecule has 7 heteroatoms. The Morgan fingerprint density at radius 3 is 2.67 bits per heavy atom. The Morgan fingerprint density at radius 2 is 2.10 bits per heavy atom. The fourth-order valence-corrected chi connectivity index (χ4v) is 2.55. The summed E-state index contributed by atoms with van der Waals surface area (Å²) in [5.74, 6) is -0.681. The first-order valence-corrected chi connectivity index (χ1v) is 6.70. The summed E-state index contributed by atoms with van der Waals surface area (Å²) in [6.07, 6.45) is -3.90. The summed E-state index contributed by atoms with van der Waals surface area (Å²) in [4.78, 5) is 5.72. The molecule has 2 unspecified atom stereocenters. The van der Waals surface area contributed by atoms with Crippen LogP contribution in [0.1, 0.15) is 37.4 Å². The van der Waals surface area contributed by atoms with E-state index in [9.17, 15) is 17.6 Å². The lowest BCUT2D eigenvalue weighted by molar-refractivity contribution is -0.138. The van der Waals surface area contributed by atoms with Crippen molar-refractivity contribution in [3.63, 3.8) is 0 Å². The number of nitrogens with zero attached hydrogens (tertiary/aromatic N) is 2. The second-order valence-corrected chi connectivity index (χ2v) is 5.11. The Balaban J connectivity index is 2.47. The van der Waals surface area contributed by atoms with E-state index in [1.807, 2.05) is 13.8 Å². The molecule has 0 amide bonds. The molecule has 116 valence electrons. The normalized spacial score (nSPS) is 20.6. The van der Waals surface area contributed by atoms with Gasteiger partial charge in [0.2, 0.25) is 0 Å². The first kappa shape index (κ1) is 15.6. The molecule has 1 aliphatic rings. The first-order valence-electron chi connectivity index (χ1n) is 6.70. The third-order valence-corrected chi connectivity index (χ3v) is 3.77. The average Bonchev–Trinajstić information content (AvgIpc) is 2.78. The molecule has 1 aromatic carbocycles. The van der Waals surface area contributed by atoms with E-state index in [1.54, 1.807) is 4.90 Å². The Labute approximate surface area is 120 Å². The van der Waals surface area contributed by atoms with Crippen molar-refractivity contribution < 1.29 is 17.6 Å². The number of rotatable bonds is 3. The van der Waals surface area contributed by atoms with Gasteiger partial charge in [0.1, 0.15) is 5.82 Å². The van der Waals surface area contributed by atoms with E-state index in [0.717, 1.165) is 12.5 Å². The van der Waals surface area contributed by atoms with Gasteiger partial charge < -0.3 is 10.6 Å². The zero-order valence-corrected chi connectivity index (χ0v) is 11.8. The second-order valence-electron chi connectivity index (χ2n) is 5.11. The van der Waals surface area contributed by atoms with Crippen LogP contribution >= 0.6 is 0 Å². The van der Waals surface area contributed by atoms with Crippen molar-refractivity contribution in [1.29, 1.82) is 0 Å². The number of alkyl halides is 3. The van der Waals surface area contributed by atoms with Crippen LogP contribution in [0.15, 0.2) is 23.2 Å². The van der Waals surface area contributed by atoms with E-state index < -0.39 is 23.6 Å². The molecule has 0 saturated carbocycles. The highest BCUT2D eigenvalue weighted by Gasteiger charge is 2.39. The minimum absolute atomic E-state index is 0.00778. The van der Waals surface area contributed by atoms with Crippen LogP contribution in [0.2, 0.25) is 0 Å². The molecule has 0 bridgehead atoms. The summed E-state index contributed by atoms with van der Waals surface area (Å²) < 4.78 is 52.6. The molecule has 0 radical (unpaired) electrons. The standard InChI is InChI=1S/C14H17F4N3/c1-3-8(2)21-12(7-20-13(21)19)10-5-4-9(15)6-11(10)14(16,17)18/h4-6,8,12H,3,7H2,1-2H3,(H2,19,20). The van der Waals surface area contributed by atoms with Crippen LogP contribution in [0, 0.1) is 5.82 Å². The largest absolute Gasteiger partial charge is 0.416 e. The molecule has 0 aliphatic carbocycles. The first-order chi connectivity index (χ1) is 9.75. The monoisotopic (exact) mass is 303 g/mol. The Hall–Kier alpha value is -1.79. The number of halogens is 4. The maximum absolute atomic E-state index is 13.2. The molecular weight excluding hydrogens is 286 g/mol. The predicted octanol–water partition coefficient (Wildman–Crippen LogP) is 3.31. The van der Waals surface area contributed by atoms with Gasteiger partial charge in [-0.2, -0.15) is 13.2 Å². The van der Waals surface area contributed by atoms with Gasteiger partial charge in [-0.3, -0.25) is 4.99 Å². The third kappa shape index (κ3) is 2.96. The van der Waals surface area contributed by atoms with Crippen molar-refractivity contribution in [2.45, 2.75) is 38.5 Å². The molecule has 2 atom stereocenters. The Kier molecular flexibility index (Phi) is 4.11. The summed E-state index contributed by atoms with van der Waals surface area (Å²) in [7, 11) is 0. The molecule has 0 fully saturated rings.